The summed E-state index contributed by atoms with van der Waals surface area (Å²) in [5.74, 6) is 0.877. The molecule has 0 fully saturated rings. The number of anilines is 2. The lowest BCUT2D eigenvalue weighted by Crippen LogP contribution is -1.94. The quantitative estimate of drug-likeness (QED) is 0.819. The first-order chi connectivity index (χ1) is 6.75. The number of nitrogens with one attached hydrogen (secondary N) is 1. The third-order valence-electron chi connectivity index (χ3n) is 1.85. The Morgan fingerprint density at radius 2 is 2.21 bits per heavy atom. The molecule has 72 valence electrons. The van der Waals surface area contributed by atoms with Crippen molar-refractivity contribution in [2.24, 2.45) is 0 Å². The zero-order valence-corrected chi connectivity index (χ0v) is 8.93. The fraction of sp³-hybridized carbons (Fsp3) is 0.200. The number of rotatable bonds is 2. The Bertz CT molecular complexity index is 436. The zero-order chi connectivity index (χ0) is 9.97. The van der Waals surface area contributed by atoms with Crippen LogP contribution in [0.25, 0.3) is 0 Å². The Hall–Kier alpha value is -1.42. The van der Waals surface area contributed by atoms with Gasteiger partial charge in [-0.15, -0.1) is 11.3 Å². The highest BCUT2D eigenvalue weighted by atomic mass is 32.1. The molecule has 0 amide bonds. The second-order valence-electron chi connectivity index (χ2n) is 3.09. The molecule has 0 saturated carbocycles. The van der Waals surface area contributed by atoms with Crippen LogP contribution in [0.1, 0.15) is 11.3 Å². The Kier molecular flexibility index (Phi) is 2.45. The summed E-state index contributed by atoms with van der Waals surface area (Å²) in [5.41, 5.74) is 2.16. The lowest BCUT2D eigenvalue weighted by Gasteiger charge is -2.03. The van der Waals surface area contributed by atoms with Gasteiger partial charge in [0.1, 0.15) is 5.82 Å². The Morgan fingerprint density at radius 1 is 1.36 bits per heavy atom. The lowest BCUT2D eigenvalue weighted by molar-refractivity contribution is 1.22. The number of hydrogen-bond acceptors (Lipinski definition) is 4. The second-order valence-corrected chi connectivity index (χ2v) is 3.95. The molecular formula is C10H11N3S. The van der Waals surface area contributed by atoms with E-state index in [9.17, 15) is 0 Å². The summed E-state index contributed by atoms with van der Waals surface area (Å²) in [7, 11) is 0. The van der Waals surface area contributed by atoms with Crippen LogP contribution in [0, 0.1) is 13.8 Å². The predicted octanol–water partition coefficient (Wildman–Crippen LogP) is 2.90. The topological polar surface area (TPSA) is 37.8 Å². The molecule has 3 nitrogen and oxygen atoms in total. The van der Waals surface area contributed by atoms with Gasteiger partial charge in [0.25, 0.3) is 0 Å². The largest absolute Gasteiger partial charge is 0.316 e. The highest BCUT2D eigenvalue weighted by Gasteiger charge is 2.01. The molecular weight excluding hydrogens is 194 g/mol. The van der Waals surface area contributed by atoms with Gasteiger partial charge in [0.15, 0.2) is 5.13 Å². The van der Waals surface area contributed by atoms with Crippen molar-refractivity contribution in [3.63, 3.8) is 0 Å². The average Bonchev–Trinajstić information content (AvgIpc) is 2.56. The molecule has 14 heavy (non-hydrogen) atoms. The molecule has 1 N–H and O–H groups in total. The standard InChI is InChI=1S/C10H11N3S/c1-7-4-3-5-11-9(7)13-10-12-8(2)6-14-10/h3-6H,1-2H3,(H,11,12,13). The van der Waals surface area contributed by atoms with Crippen LogP contribution in [0.15, 0.2) is 23.7 Å². The molecule has 2 aromatic heterocycles. The van der Waals surface area contributed by atoms with Gasteiger partial charge in [0.2, 0.25) is 0 Å². The van der Waals surface area contributed by atoms with E-state index >= 15 is 0 Å². The number of pyridine rings is 1. The minimum absolute atomic E-state index is 0.877. The van der Waals surface area contributed by atoms with Crippen LogP contribution in [-0.2, 0) is 0 Å². The lowest BCUT2D eigenvalue weighted by atomic mass is 10.3. The maximum Gasteiger partial charge on any atom is 0.188 e. The van der Waals surface area contributed by atoms with Crippen molar-refractivity contribution < 1.29 is 0 Å². The van der Waals surface area contributed by atoms with Gasteiger partial charge < -0.3 is 5.32 Å². The zero-order valence-electron chi connectivity index (χ0n) is 8.11. The molecule has 0 aromatic carbocycles. The molecule has 2 heterocycles. The SMILES string of the molecule is Cc1csc(Nc2ncccc2C)n1. The van der Waals surface area contributed by atoms with Crippen LogP contribution < -0.4 is 5.32 Å². The first-order valence-corrected chi connectivity index (χ1v) is 5.24. The van der Waals surface area contributed by atoms with E-state index < -0.39 is 0 Å². The van der Waals surface area contributed by atoms with Gasteiger partial charge in [-0.05, 0) is 25.5 Å². The van der Waals surface area contributed by atoms with Crippen molar-refractivity contribution >= 4 is 22.3 Å². The highest BCUT2D eigenvalue weighted by molar-refractivity contribution is 7.13. The number of nitrogens with zero attached hydrogens (tertiary/aromatic N) is 2. The minimum Gasteiger partial charge on any atom is -0.316 e. The molecule has 0 unspecified atom stereocenters. The highest BCUT2D eigenvalue weighted by Crippen LogP contribution is 2.20. The van der Waals surface area contributed by atoms with Crippen LogP contribution in [0.3, 0.4) is 0 Å². The molecule has 2 rings (SSSR count). The molecule has 0 aliphatic heterocycles. The average molecular weight is 205 g/mol. The summed E-state index contributed by atoms with van der Waals surface area (Å²) in [6.45, 7) is 4.00. The van der Waals surface area contributed by atoms with Gasteiger partial charge in [-0.2, -0.15) is 0 Å². The van der Waals surface area contributed by atoms with Crippen LogP contribution in [0.5, 0.6) is 0 Å². The maximum absolute atomic E-state index is 4.31. The maximum atomic E-state index is 4.31. The van der Waals surface area contributed by atoms with Gasteiger partial charge in [-0.3, -0.25) is 0 Å². The van der Waals surface area contributed by atoms with Gasteiger partial charge in [0.05, 0.1) is 5.69 Å². The van der Waals surface area contributed by atoms with Crippen molar-refractivity contribution in [2.45, 2.75) is 13.8 Å². The van der Waals surface area contributed by atoms with Crippen molar-refractivity contribution in [1.29, 1.82) is 0 Å². The fourth-order valence-corrected chi connectivity index (χ4v) is 1.82. The third-order valence-corrected chi connectivity index (χ3v) is 2.73. The number of thiazole rings is 1. The molecule has 0 saturated heterocycles. The molecule has 0 aliphatic rings. The smallest absolute Gasteiger partial charge is 0.188 e. The summed E-state index contributed by atoms with van der Waals surface area (Å²) < 4.78 is 0. The monoisotopic (exact) mass is 205 g/mol. The van der Waals surface area contributed by atoms with Crippen molar-refractivity contribution in [2.75, 3.05) is 5.32 Å². The molecule has 0 radical (unpaired) electrons. The molecule has 0 aliphatic carbocycles. The van der Waals surface area contributed by atoms with E-state index in [-0.39, 0.29) is 0 Å². The van der Waals surface area contributed by atoms with Crippen LogP contribution in [0.2, 0.25) is 0 Å². The van der Waals surface area contributed by atoms with Gasteiger partial charge in [-0.25, -0.2) is 9.97 Å². The van der Waals surface area contributed by atoms with Crippen LogP contribution >= 0.6 is 11.3 Å². The Labute approximate surface area is 86.8 Å². The Morgan fingerprint density at radius 3 is 2.86 bits per heavy atom. The van der Waals surface area contributed by atoms with Crippen molar-refractivity contribution in [1.82, 2.24) is 9.97 Å². The summed E-state index contributed by atoms with van der Waals surface area (Å²) in [6.07, 6.45) is 1.77. The fourth-order valence-electron chi connectivity index (χ4n) is 1.13. The number of aryl methyl sites for hydroxylation is 2. The van der Waals surface area contributed by atoms with Gasteiger partial charge in [0, 0.05) is 11.6 Å². The van der Waals surface area contributed by atoms with E-state index in [0.29, 0.717) is 0 Å². The van der Waals surface area contributed by atoms with E-state index in [0.717, 1.165) is 22.2 Å². The van der Waals surface area contributed by atoms with Crippen LogP contribution in [-0.4, -0.2) is 9.97 Å². The molecule has 0 atom stereocenters. The van der Waals surface area contributed by atoms with Crippen molar-refractivity contribution in [3.05, 3.63) is 35.0 Å². The molecule has 4 heteroatoms. The third kappa shape index (κ3) is 1.90. The molecule has 0 spiro atoms. The minimum atomic E-state index is 0.877. The van der Waals surface area contributed by atoms with Gasteiger partial charge in [-0.1, -0.05) is 6.07 Å². The van der Waals surface area contributed by atoms with E-state index in [1.54, 1.807) is 17.5 Å². The number of aromatic nitrogens is 2. The van der Waals surface area contributed by atoms with E-state index in [2.05, 4.69) is 15.3 Å². The first kappa shape index (κ1) is 9.15. The summed E-state index contributed by atoms with van der Waals surface area (Å²) in [5, 5.41) is 6.10. The molecule has 2 aromatic rings. The second kappa shape index (κ2) is 3.75. The summed E-state index contributed by atoms with van der Waals surface area (Å²) in [4.78, 5) is 8.55. The van der Waals surface area contributed by atoms with Gasteiger partial charge >= 0.3 is 0 Å². The predicted molar refractivity (Wildman–Crippen MR) is 59.1 cm³/mol. The van der Waals surface area contributed by atoms with E-state index in [1.807, 2.05) is 31.4 Å². The van der Waals surface area contributed by atoms with Crippen molar-refractivity contribution in [3.8, 4) is 0 Å². The number of hydrogen-bond donors (Lipinski definition) is 1. The summed E-state index contributed by atoms with van der Waals surface area (Å²) >= 11 is 1.59. The van der Waals surface area contributed by atoms with E-state index in [1.165, 1.54) is 0 Å². The van der Waals surface area contributed by atoms with E-state index in [4.69, 9.17) is 0 Å². The first-order valence-electron chi connectivity index (χ1n) is 4.36. The molecule has 0 bridgehead atoms. The Balaban J connectivity index is 2.23. The van der Waals surface area contributed by atoms with Crippen LogP contribution in [0.4, 0.5) is 10.9 Å². The summed E-state index contributed by atoms with van der Waals surface area (Å²) in [6, 6.07) is 3.95. The normalized spacial score (nSPS) is 10.1.